The molecule has 0 aromatic heterocycles. The summed E-state index contributed by atoms with van der Waals surface area (Å²) in [6.07, 6.45) is 2.26. The lowest BCUT2D eigenvalue weighted by Gasteiger charge is -2.28. The Morgan fingerprint density at radius 3 is 2.65 bits per heavy atom. The van der Waals surface area contributed by atoms with Crippen molar-refractivity contribution in [2.75, 3.05) is 23.7 Å². The highest BCUT2D eigenvalue weighted by Gasteiger charge is 2.26. The number of carbonyl (C=O) groups excluding carboxylic acids is 1. The van der Waals surface area contributed by atoms with E-state index >= 15 is 0 Å². The van der Waals surface area contributed by atoms with Gasteiger partial charge in [0.25, 0.3) is 0 Å². The van der Waals surface area contributed by atoms with Crippen molar-refractivity contribution in [3.8, 4) is 23.6 Å². The van der Waals surface area contributed by atoms with Crippen LogP contribution in [0.3, 0.4) is 0 Å². The normalized spacial score (nSPS) is 15.6. The molecule has 2 aliphatic heterocycles. The number of nitriles is 2. The number of hydrogen-bond donors (Lipinski definition) is 1. The van der Waals surface area contributed by atoms with Crippen LogP contribution in [0.2, 0.25) is 0 Å². The van der Waals surface area contributed by atoms with Gasteiger partial charge in [0.15, 0.2) is 11.5 Å². The van der Waals surface area contributed by atoms with Crippen LogP contribution in [0.4, 0.5) is 11.4 Å². The average molecular weight is 311 g/mol. The van der Waals surface area contributed by atoms with E-state index in [1.54, 1.807) is 29.2 Å². The number of ether oxygens (including phenoxy) is 2. The zero-order valence-electron chi connectivity index (χ0n) is 12.2. The van der Waals surface area contributed by atoms with Gasteiger partial charge in [-0.2, -0.15) is 15.6 Å². The van der Waals surface area contributed by atoms with Gasteiger partial charge < -0.3 is 14.4 Å². The summed E-state index contributed by atoms with van der Waals surface area (Å²) in [4.78, 5) is 13.8. The number of hydrogen-bond acceptors (Lipinski definition) is 7. The maximum absolute atomic E-state index is 12.2. The zero-order chi connectivity index (χ0) is 16.2. The quantitative estimate of drug-likeness (QED) is 0.672. The summed E-state index contributed by atoms with van der Waals surface area (Å²) in [7, 11) is 0. The maximum atomic E-state index is 12.2. The third-order valence-electron chi connectivity index (χ3n) is 3.61. The van der Waals surface area contributed by atoms with E-state index in [-0.39, 0.29) is 18.4 Å². The van der Waals surface area contributed by atoms with Crippen molar-refractivity contribution in [2.45, 2.75) is 19.3 Å². The van der Waals surface area contributed by atoms with Gasteiger partial charge in [0.2, 0.25) is 18.4 Å². The Morgan fingerprint density at radius 1 is 1.22 bits per heavy atom. The van der Waals surface area contributed by atoms with Crippen LogP contribution in [0.1, 0.15) is 19.3 Å². The molecule has 23 heavy (non-hydrogen) atoms. The second-order valence-electron chi connectivity index (χ2n) is 5.02. The van der Waals surface area contributed by atoms with E-state index < -0.39 is 0 Å². The largest absolute Gasteiger partial charge is 0.454 e. The predicted octanol–water partition coefficient (Wildman–Crippen LogP) is 1.75. The fraction of sp³-hybridized carbons (Fsp3) is 0.333. The van der Waals surface area contributed by atoms with E-state index in [1.165, 1.54) is 0 Å². The lowest BCUT2D eigenvalue weighted by molar-refractivity contribution is -0.119. The smallest absolute Gasteiger partial charge is 0.237 e. The predicted molar refractivity (Wildman–Crippen MR) is 81.1 cm³/mol. The van der Waals surface area contributed by atoms with Crippen molar-refractivity contribution < 1.29 is 14.3 Å². The molecule has 1 aromatic rings. The van der Waals surface area contributed by atoms with E-state index in [9.17, 15) is 4.79 Å². The Morgan fingerprint density at radius 2 is 1.96 bits per heavy atom. The third-order valence-corrected chi connectivity index (χ3v) is 3.61. The van der Waals surface area contributed by atoms with Gasteiger partial charge >= 0.3 is 0 Å². The van der Waals surface area contributed by atoms with Crippen LogP contribution in [0.15, 0.2) is 17.2 Å². The molecule has 1 fully saturated rings. The molecule has 3 rings (SSSR count). The van der Waals surface area contributed by atoms with E-state index in [0.29, 0.717) is 35.8 Å². The molecule has 0 aliphatic carbocycles. The summed E-state index contributed by atoms with van der Waals surface area (Å²) in [5.41, 5.74) is 3.44. The molecule has 8 nitrogen and oxygen atoms in total. The summed E-state index contributed by atoms with van der Waals surface area (Å²) in [6.45, 7) is 0.706. The van der Waals surface area contributed by atoms with Crippen LogP contribution >= 0.6 is 0 Å². The first-order valence-electron chi connectivity index (χ1n) is 7.11. The average Bonchev–Trinajstić information content (AvgIpc) is 3.03. The van der Waals surface area contributed by atoms with Crippen molar-refractivity contribution in [3.63, 3.8) is 0 Å². The molecule has 1 saturated heterocycles. The van der Waals surface area contributed by atoms with Gasteiger partial charge in [0.05, 0.1) is 11.4 Å². The summed E-state index contributed by atoms with van der Waals surface area (Å²) >= 11 is 0. The van der Waals surface area contributed by atoms with Crippen molar-refractivity contribution in [2.24, 2.45) is 5.10 Å². The third kappa shape index (κ3) is 2.87. The summed E-state index contributed by atoms with van der Waals surface area (Å²) < 4.78 is 10.7. The molecule has 0 spiro atoms. The summed E-state index contributed by atoms with van der Waals surface area (Å²) in [5, 5.41) is 21.3. The number of amides is 1. The van der Waals surface area contributed by atoms with Gasteiger partial charge in [-0.1, -0.05) is 0 Å². The highest BCUT2D eigenvalue weighted by Crippen LogP contribution is 2.42. The molecule has 1 N–H and O–H groups in total. The molecule has 0 unspecified atom stereocenters. The van der Waals surface area contributed by atoms with E-state index in [2.05, 4.69) is 10.5 Å². The van der Waals surface area contributed by atoms with Crippen molar-refractivity contribution in [1.29, 1.82) is 10.5 Å². The fourth-order valence-electron chi connectivity index (χ4n) is 2.50. The lowest BCUT2D eigenvalue weighted by Crippen LogP contribution is -2.35. The van der Waals surface area contributed by atoms with Gasteiger partial charge in [-0.3, -0.25) is 10.2 Å². The van der Waals surface area contributed by atoms with Gasteiger partial charge in [0, 0.05) is 25.1 Å². The van der Waals surface area contributed by atoms with Crippen molar-refractivity contribution >= 4 is 23.0 Å². The van der Waals surface area contributed by atoms with Crippen LogP contribution in [0.25, 0.3) is 0 Å². The standard InChI is InChI=1S/C15H13N5O3/c16-7-10(8-17)18-19-11-5-13-14(23-9-22-13)6-12(11)20-4-2-1-3-15(20)21/h5-6,19H,1-4,9H2. The minimum atomic E-state index is -0.307. The second kappa shape index (κ2) is 6.24. The minimum absolute atomic E-state index is 0.0166. The molecule has 0 saturated carbocycles. The molecule has 116 valence electrons. The maximum Gasteiger partial charge on any atom is 0.237 e. The number of nitrogens with zero attached hydrogens (tertiary/aromatic N) is 4. The van der Waals surface area contributed by atoms with Gasteiger partial charge in [-0.05, 0) is 12.8 Å². The molecule has 2 heterocycles. The summed E-state index contributed by atoms with van der Waals surface area (Å²) in [6, 6.07) is 6.70. The van der Waals surface area contributed by atoms with Crippen LogP contribution in [0, 0.1) is 22.7 Å². The number of benzene rings is 1. The topological polar surface area (TPSA) is 111 Å². The highest BCUT2D eigenvalue weighted by atomic mass is 16.7. The molecule has 0 atom stereocenters. The molecule has 1 amide bonds. The Kier molecular flexibility index (Phi) is 3.98. The SMILES string of the molecule is N#CC(C#N)=NNc1cc2c(cc1N1CCCCC1=O)OCO2. The van der Waals surface area contributed by atoms with Gasteiger partial charge in [-0.25, -0.2) is 0 Å². The molecule has 0 bridgehead atoms. The van der Waals surface area contributed by atoms with Crippen LogP contribution in [-0.4, -0.2) is 25.0 Å². The summed E-state index contributed by atoms with van der Waals surface area (Å²) in [5.74, 6) is 1.09. The first kappa shape index (κ1) is 14.7. The first-order valence-corrected chi connectivity index (χ1v) is 7.11. The molecular formula is C15H13N5O3. The number of hydrazone groups is 1. The molecule has 2 aliphatic rings. The Bertz CT molecular complexity index is 744. The zero-order valence-corrected chi connectivity index (χ0v) is 12.2. The number of anilines is 2. The molecule has 8 heteroatoms. The number of fused-ring (bicyclic) bond motifs is 1. The van der Waals surface area contributed by atoms with Crippen molar-refractivity contribution in [3.05, 3.63) is 12.1 Å². The van der Waals surface area contributed by atoms with Crippen LogP contribution in [-0.2, 0) is 4.79 Å². The molecule has 0 radical (unpaired) electrons. The van der Waals surface area contributed by atoms with Gasteiger partial charge in [0.1, 0.15) is 12.1 Å². The highest BCUT2D eigenvalue weighted by molar-refractivity contribution is 6.10. The van der Waals surface area contributed by atoms with Crippen molar-refractivity contribution in [1.82, 2.24) is 0 Å². The van der Waals surface area contributed by atoms with E-state index in [4.69, 9.17) is 20.0 Å². The minimum Gasteiger partial charge on any atom is -0.454 e. The van der Waals surface area contributed by atoms with E-state index in [0.717, 1.165) is 12.8 Å². The van der Waals surface area contributed by atoms with Crippen LogP contribution in [0.5, 0.6) is 11.5 Å². The van der Waals surface area contributed by atoms with E-state index in [1.807, 2.05) is 0 Å². The number of carbonyl (C=O) groups is 1. The second-order valence-corrected chi connectivity index (χ2v) is 5.02. The Labute approximate surface area is 132 Å². The van der Waals surface area contributed by atoms with Gasteiger partial charge in [-0.15, -0.1) is 0 Å². The Hall–Kier alpha value is -3.26. The number of nitrogens with one attached hydrogen (secondary N) is 1. The first-order chi connectivity index (χ1) is 11.2. The molecular weight excluding hydrogens is 298 g/mol. The monoisotopic (exact) mass is 311 g/mol. The molecule has 1 aromatic carbocycles. The Balaban J connectivity index is 1.99. The number of piperidine rings is 1. The lowest BCUT2D eigenvalue weighted by atomic mass is 10.1. The fourth-order valence-corrected chi connectivity index (χ4v) is 2.50. The van der Waals surface area contributed by atoms with Crippen LogP contribution < -0.4 is 19.8 Å². The number of rotatable bonds is 3.